The molecule has 4 heteroatoms. The predicted molar refractivity (Wildman–Crippen MR) is 128 cm³/mol. The molecule has 0 spiro atoms. The second-order valence-corrected chi connectivity index (χ2v) is 9.60. The number of hydrogen-bond acceptors (Lipinski definition) is 2. The van der Waals surface area contributed by atoms with Gasteiger partial charge in [0.05, 0.1) is 33.3 Å². The van der Waals surface area contributed by atoms with Crippen LogP contribution in [0.1, 0.15) is 11.1 Å². The Morgan fingerprint density at radius 2 is 1.00 bits per heavy atom. The van der Waals surface area contributed by atoms with Crippen LogP contribution in [0.25, 0.3) is 10.8 Å². The van der Waals surface area contributed by atoms with Crippen LogP contribution in [0.4, 0.5) is 0 Å². The van der Waals surface area contributed by atoms with Crippen molar-refractivity contribution < 1.29 is 9.47 Å². The Kier molecular flexibility index (Phi) is 6.67. The summed E-state index contributed by atoms with van der Waals surface area (Å²) in [6.45, 7) is 0. The van der Waals surface area contributed by atoms with Gasteiger partial charge in [0, 0.05) is 0 Å². The lowest BCUT2D eigenvalue weighted by Gasteiger charge is -2.12. The molecule has 30 heavy (non-hydrogen) atoms. The minimum atomic E-state index is 0.746. The Balaban J connectivity index is 1.54. The highest BCUT2D eigenvalue weighted by atomic mass is 28.2. The molecule has 0 amide bonds. The molecule has 4 aromatic rings. The van der Waals surface area contributed by atoms with E-state index in [2.05, 4.69) is 60.7 Å². The molecule has 4 rings (SSSR count). The Morgan fingerprint density at radius 1 is 0.567 bits per heavy atom. The van der Waals surface area contributed by atoms with Crippen LogP contribution in [0.3, 0.4) is 0 Å². The minimum absolute atomic E-state index is 0.746. The number of rotatable bonds is 8. The molecule has 0 aromatic heterocycles. The standard InChI is InChI=1S/C26H24O2Si2/c1-27-22-13-9-19(10-14-22)17-29-24-7-3-5-21-6-4-8-25(26(21)24)30-18-20-11-15-23(28-2)16-12-20/h3-16H,17-18H2,1-2H3. The summed E-state index contributed by atoms with van der Waals surface area (Å²) in [6.07, 6.45) is 0. The second-order valence-electron chi connectivity index (χ2n) is 7.11. The molecule has 0 saturated carbocycles. The van der Waals surface area contributed by atoms with Gasteiger partial charge in [-0.05, 0) is 47.1 Å². The molecule has 0 N–H and O–H groups in total. The van der Waals surface area contributed by atoms with E-state index >= 15 is 0 Å². The zero-order chi connectivity index (χ0) is 20.8. The van der Waals surface area contributed by atoms with E-state index in [4.69, 9.17) is 9.47 Å². The van der Waals surface area contributed by atoms with Crippen molar-refractivity contribution in [2.24, 2.45) is 0 Å². The van der Waals surface area contributed by atoms with E-state index in [-0.39, 0.29) is 0 Å². The molecule has 0 fully saturated rings. The predicted octanol–water partition coefficient (Wildman–Crippen LogP) is 3.92. The minimum Gasteiger partial charge on any atom is -0.497 e. The van der Waals surface area contributed by atoms with Gasteiger partial charge in [0.2, 0.25) is 0 Å². The van der Waals surface area contributed by atoms with E-state index in [9.17, 15) is 0 Å². The first kappa shape index (κ1) is 20.4. The highest BCUT2D eigenvalue weighted by Gasteiger charge is 2.09. The summed E-state index contributed by atoms with van der Waals surface area (Å²) >= 11 is 0. The maximum absolute atomic E-state index is 5.28. The Bertz CT molecular complexity index is 1020. The average Bonchev–Trinajstić information content (AvgIpc) is 2.82. The fraction of sp³-hybridized carbons (Fsp3) is 0.154. The van der Waals surface area contributed by atoms with Gasteiger partial charge in [0.25, 0.3) is 0 Å². The van der Waals surface area contributed by atoms with Crippen LogP contribution in [0, 0.1) is 0 Å². The van der Waals surface area contributed by atoms with E-state index in [0.29, 0.717) is 0 Å². The first-order valence-corrected chi connectivity index (χ1v) is 12.4. The molecule has 0 aliphatic rings. The molecule has 0 aliphatic heterocycles. The fourth-order valence-corrected chi connectivity index (χ4v) is 6.24. The van der Waals surface area contributed by atoms with Crippen LogP contribution in [-0.4, -0.2) is 33.3 Å². The van der Waals surface area contributed by atoms with Crippen molar-refractivity contribution in [1.29, 1.82) is 0 Å². The number of benzene rings is 4. The summed E-state index contributed by atoms with van der Waals surface area (Å²) in [7, 11) is 4.91. The van der Waals surface area contributed by atoms with E-state index in [1.165, 1.54) is 32.3 Å². The molecule has 0 saturated heterocycles. The topological polar surface area (TPSA) is 18.5 Å². The molecule has 0 aliphatic carbocycles. The van der Waals surface area contributed by atoms with Gasteiger partial charge in [0.1, 0.15) is 11.5 Å². The maximum Gasteiger partial charge on any atom is 0.118 e. The van der Waals surface area contributed by atoms with Crippen LogP contribution < -0.4 is 19.8 Å². The molecule has 0 atom stereocenters. The van der Waals surface area contributed by atoms with Gasteiger partial charge in [-0.1, -0.05) is 82.2 Å². The number of methoxy groups -OCH3 is 2. The Morgan fingerprint density at radius 3 is 1.40 bits per heavy atom. The van der Waals surface area contributed by atoms with E-state index in [1.807, 2.05) is 24.3 Å². The summed E-state index contributed by atoms with van der Waals surface area (Å²) in [4.78, 5) is 0. The van der Waals surface area contributed by atoms with Gasteiger partial charge in [-0.3, -0.25) is 0 Å². The quantitative estimate of drug-likeness (QED) is 0.399. The summed E-state index contributed by atoms with van der Waals surface area (Å²) in [5.74, 6) is 1.82. The average molecular weight is 425 g/mol. The van der Waals surface area contributed by atoms with Gasteiger partial charge in [-0.2, -0.15) is 0 Å². The zero-order valence-electron chi connectivity index (χ0n) is 17.3. The largest absolute Gasteiger partial charge is 0.497 e. The number of hydrogen-bond donors (Lipinski definition) is 0. The highest BCUT2D eigenvalue weighted by Crippen LogP contribution is 2.14. The molecule has 0 heterocycles. The van der Waals surface area contributed by atoms with Crippen LogP contribution in [-0.2, 0) is 12.1 Å². The Hall–Kier alpha value is -2.83. The second kappa shape index (κ2) is 9.78. The molecule has 4 aromatic carbocycles. The van der Waals surface area contributed by atoms with Crippen LogP contribution in [0.5, 0.6) is 11.5 Å². The lowest BCUT2D eigenvalue weighted by atomic mass is 10.1. The van der Waals surface area contributed by atoms with E-state index in [1.54, 1.807) is 14.2 Å². The lowest BCUT2D eigenvalue weighted by Crippen LogP contribution is -2.27. The molecule has 0 bridgehead atoms. The van der Waals surface area contributed by atoms with Crippen molar-refractivity contribution >= 4 is 40.2 Å². The zero-order valence-corrected chi connectivity index (χ0v) is 19.3. The fourth-order valence-electron chi connectivity index (χ4n) is 3.52. The third kappa shape index (κ3) is 4.83. The highest BCUT2D eigenvalue weighted by molar-refractivity contribution is 6.63. The van der Waals surface area contributed by atoms with Crippen molar-refractivity contribution in [3.63, 3.8) is 0 Å². The molecular weight excluding hydrogens is 400 g/mol. The first-order valence-electron chi connectivity index (χ1n) is 10.0. The summed E-state index contributed by atoms with van der Waals surface area (Å²) < 4.78 is 10.6. The van der Waals surface area contributed by atoms with Crippen molar-refractivity contribution in [3.8, 4) is 11.5 Å². The van der Waals surface area contributed by atoms with Crippen molar-refractivity contribution in [2.75, 3.05) is 14.2 Å². The molecular formula is C26H24O2Si2. The normalized spacial score (nSPS) is 10.9. The molecule has 4 radical (unpaired) electrons. The number of ether oxygens (including phenoxy) is 2. The monoisotopic (exact) mass is 424 g/mol. The van der Waals surface area contributed by atoms with Crippen LogP contribution in [0.15, 0.2) is 84.9 Å². The van der Waals surface area contributed by atoms with Crippen LogP contribution in [0.2, 0.25) is 0 Å². The van der Waals surface area contributed by atoms with Crippen LogP contribution >= 0.6 is 0 Å². The summed E-state index contributed by atoms with van der Waals surface area (Å²) in [6, 6.07) is 32.4. The molecule has 0 unspecified atom stereocenters. The summed E-state index contributed by atoms with van der Waals surface area (Å²) in [5.41, 5.74) is 2.70. The molecule has 148 valence electrons. The molecule has 2 nitrogen and oxygen atoms in total. The van der Waals surface area contributed by atoms with E-state index < -0.39 is 0 Å². The summed E-state index contributed by atoms with van der Waals surface area (Å²) in [5, 5.41) is 5.70. The third-order valence-electron chi connectivity index (χ3n) is 5.19. The Labute approximate surface area is 183 Å². The third-order valence-corrected chi connectivity index (χ3v) is 7.95. The first-order chi connectivity index (χ1) is 14.8. The maximum atomic E-state index is 5.28. The van der Waals surface area contributed by atoms with Crippen molar-refractivity contribution in [3.05, 3.63) is 96.1 Å². The van der Waals surface area contributed by atoms with E-state index in [0.717, 1.165) is 42.6 Å². The number of fused-ring (bicyclic) bond motifs is 1. The van der Waals surface area contributed by atoms with Crippen molar-refractivity contribution in [2.45, 2.75) is 12.1 Å². The van der Waals surface area contributed by atoms with Gasteiger partial charge < -0.3 is 9.47 Å². The van der Waals surface area contributed by atoms with Gasteiger partial charge in [0.15, 0.2) is 0 Å². The van der Waals surface area contributed by atoms with Gasteiger partial charge >= 0.3 is 0 Å². The van der Waals surface area contributed by atoms with Gasteiger partial charge in [-0.25, -0.2) is 0 Å². The van der Waals surface area contributed by atoms with Gasteiger partial charge in [-0.15, -0.1) is 0 Å². The SMILES string of the molecule is COc1ccc(C[Si]c2cccc3cccc([Si]Cc4ccc(OC)cc4)c23)cc1. The smallest absolute Gasteiger partial charge is 0.118 e. The lowest BCUT2D eigenvalue weighted by molar-refractivity contribution is 0.414. The van der Waals surface area contributed by atoms with Crippen molar-refractivity contribution in [1.82, 2.24) is 0 Å².